The highest BCUT2D eigenvalue weighted by atomic mass is 32.1. The lowest BCUT2D eigenvalue weighted by molar-refractivity contribution is -0.122. The molecule has 0 bridgehead atoms. The molecule has 0 aliphatic carbocycles. The number of hydrogen-bond acceptors (Lipinski definition) is 6. The molecule has 1 aliphatic heterocycles. The third kappa shape index (κ3) is 3.77. The molecule has 2 aromatic heterocycles. The lowest BCUT2D eigenvalue weighted by atomic mass is 10.2. The molecule has 1 unspecified atom stereocenters. The van der Waals surface area contributed by atoms with Crippen molar-refractivity contribution in [2.75, 3.05) is 11.4 Å². The molecule has 0 saturated carbocycles. The predicted octanol–water partition coefficient (Wildman–Crippen LogP) is 2.39. The van der Waals surface area contributed by atoms with Crippen LogP contribution in [0.5, 0.6) is 0 Å². The average Bonchev–Trinajstić information content (AvgIpc) is 3.34. The van der Waals surface area contributed by atoms with E-state index in [2.05, 4.69) is 22.3 Å². The summed E-state index contributed by atoms with van der Waals surface area (Å²) in [7, 11) is 0. The highest BCUT2D eigenvalue weighted by Gasteiger charge is 2.33. The van der Waals surface area contributed by atoms with Gasteiger partial charge in [-0.15, -0.1) is 5.10 Å². The first kappa shape index (κ1) is 18.6. The molecule has 1 amide bonds. The molecule has 0 radical (unpaired) electrons. The number of carbonyl (C=O) groups is 1. The average molecular weight is 398 g/mol. The van der Waals surface area contributed by atoms with Crippen molar-refractivity contribution < 1.29 is 4.79 Å². The van der Waals surface area contributed by atoms with Crippen molar-refractivity contribution in [3.8, 4) is 0 Å². The minimum absolute atomic E-state index is 0.00686. The summed E-state index contributed by atoms with van der Waals surface area (Å²) < 4.78 is 1.34. The van der Waals surface area contributed by atoms with Gasteiger partial charge >= 0.3 is 0 Å². The van der Waals surface area contributed by atoms with E-state index in [1.807, 2.05) is 35.2 Å². The highest BCUT2D eigenvalue weighted by molar-refractivity contribution is 7.20. The Kier molecular flexibility index (Phi) is 5.38. The second-order valence-electron chi connectivity index (χ2n) is 6.97. The molecular formula is C20H23N5O2S. The number of anilines is 1. The van der Waals surface area contributed by atoms with Crippen molar-refractivity contribution in [1.82, 2.24) is 19.9 Å². The number of nitrogens with zero attached hydrogens (tertiary/aromatic N) is 4. The topological polar surface area (TPSA) is 79.6 Å². The van der Waals surface area contributed by atoms with Crippen LogP contribution in [0.3, 0.4) is 0 Å². The molecule has 4 rings (SSSR count). The first-order chi connectivity index (χ1) is 13.7. The Balaban J connectivity index is 1.53. The van der Waals surface area contributed by atoms with E-state index in [9.17, 15) is 9.59 Å². The summed E-state index contributed by atoms with van der Waals surface area (Å²) in [5.41, 5.74) is 1.70. The highest BCUT2D eigenvalue weighted by Crippen LogP contribution is 2.29. The summed E-state index contributed by atoms with van der Waals surface area (Å²) >= 11 is 1.37. The van der Waals surface area contributed by atoms with Crippen LogP contribution in [0, 0.1) is 0 Å². The van der Waals surface area contributed by atoms with E-state index < -0.39 is 0 Å². The van der Waals surface area contributed by atoms with Crippen LogP contribution in [0.2, 0.25) is 0 Å². The molecule has 3 aromatic rings. The molecule has 1 fully saturated rings. The van der Waals surface area contributed by atoms with Crippen LogP contribution in [0.4, 0.5) is 5.13 Å². The molecule has 146 valence electrons. The number of rotatable bonds is 6. The van der Waals surface area contributed by atoms with Gasteiger partial charge in [0.2, 0.25) is 16.0 Å². The second kappa shape index (κ2) is 8.10. The molecule has 1 aliphatic rings. The van der Waals surface area contributed by atoms with Gasteiger partial charge in [-0.1, -0.05) is 55.0 Å². The minimum Gasteiger partial charge on any atom is -0.350 e. The fourth-order valence-corrected chi connectivity index (χ4v) is 4.52. The third-order valence-electron chi connectivity index (χ3n) is 4.90. The summed E-state index contributed by atoms with van der Waals surface area (Å²) in [6.45, 7) is 3.32. The van der Waals surface area contributed by atoms with E-state index in [1.54, 1.807) is 6.07 Å². The maximum Gasteiger partial charge on any atom is 0.275 e. The van der Waals surface area contributed by atoms with E-state index in [1.165, 1.54) is 15.9 Å². The quantitative estimate of drug-likeness (QED) is 0.691. The molecule has 7 nitrogen and oxygen atoms in total. The molecule has 8 heteroatoms. The van der Waals surface area contributed by atoms with Crippen molar-refractivity contribution in [3.63, 3.8) is 0 Å². The molecule has 1 N–H and O–H groups in total. The van der Waals surface area contributed by atoms with Gasteiger partial charge in [0.15, 0.2) is 0 Å². The number of carbonyl (C=O) groups excluding carboxylic acids is 1. The fourth-order valence-electron chi connectivity index (χ4n) is 3.52. The normalized spacial score (nSPS) is 16.6. The van der Waals surface area contributed by atoms with E-state index in [0.717, 1.165) is 43.5 Å². The number of aromatic nitrogens is 3. The van der Waals surface area contributed by atoms with Crippen LogP contribution in [0.25, 0.3) is 4.96 Å². The van der Waals surface area contributed by atoms with Crippen LogP contribution in [0.15, 0.2) is 41.2 Å². The lowest BCUT2D eigenvalue weighted by Crippen LogP contribution is -2.43. The second-order valence-corrected chi connectivity index (χ2v) is 7.90. The number of nitrogens with one attached hydrogen (secondary N) is 1. The van der Waals surface area contributed by atoms with Crippen LogP contribution < -0.4 is 15.8 Å². The summed E-state index contributed by atoms with van der Waals surface area (Å²) in [6.07, 6.45) is 3.40. The summed E-state index contributed by atoms with van der Waals surface area (Å²) in [4.78, 5) is 32.2. The Labute approximate surface area is 167 Å². The van der Waals surface area contributed by atoms with E-state index in [4.69, 9.17) is 0 Å². The van der Waals surface area contributed by atoms with E-state index in [0.29, 0.717) is 16.6 Å². The van der Waals surface area contributed by atoms with Gasteiger partial charge in [0.1, 0.15) is 6.04 Å². The molecule has 1 aromatic carbocycles. The van der Waals surface area contributed by atoms with Gasteiger partial charge in [-0.2, -0.15) is 4.52 Å². The zero-order valence-corrected chi connectivity index (χ0v) is 16.6. The van der Waals surface area contributed by atoms with Gasteiger partial charge in [-0.3, -0.25) is 9.59 Å². The maximum absolute atomic E-state index is 12.8. The van der Waals surface area contributed by atoms with Gasteiger partial charge in [-0.25, -0.2) is 4.98 Å². The van der Waals surface area contributed by atoms with Gasteiger partial charge in [0.05, 0.1) is 0 Å². The minimum atomic E-state index is -0.268. The Morgan fingerprint density at radius 3 is 2.93 bits per heavy atom. The number of benzene rings is 1. The van der Waals surface area contributed by atoms with Crippen molar-refractivity contribution in [2.45, 2.75) is 45.2 Å². The Hall–Kier alpha value is -2.74. The molecular weight excluding hydrogens is 374 g/mol. The first-order valence-electron chi connectivity index (χ1n) is 9.64. The smallest absolute Gasteiger partial charge is 0.275 e. The number of aryl methyl sites for hydroxylation is 1. The molecule has 1 saturated heterocycles. The van der Waals surface area contributed by atoms with Gasteiger partial charge in [-0.05, 0) is 24.8 Å². The predicted molar refractivity (Wildman–Crippen MR) is 110 cm³/mol. The SMILES string of the molecule is CCCc1cc(=O)n2nc(N3CCCC3C(=O)NCc3ccccc3)sc2n1. The van der Waals surface area contributed by atoms with E-state index >= 15 is 0 Å². The largest absolute Gasteiger partial charge is 0.350 e. The summed E-state index contributed by atoms with van der Waals surface area (Å²) in [5.74, 6) is -0.00686. The van der Waals surface area contributed by atoms with E-state index in [-0.39, 0.29) is 17.5 Å². The molecule has 0 spiro atoms. The number of fused-ring (bicyclic) bond motifs is 1. The molecule has 3 heterocycles. The number of hydrogen-bond donors (Lipinski definition) is 1. The molecule has 1 atom stereocenters. The Morgan fingerprint density at radius 2 is 2.14 bits per heavy atom. The van der Waals surface area contributed by atoms with Crippen molar-refractivity contribution in [2.24, 2.45) is 0 Å². The van der Waals surface area contributed by atoms with Crippen LogP contribution >= 0.6 is 11.3 Å². The van der Waals surface area contributed by atoms with Gasteiger partial charge < -0.3 is 10.2 Å². The zero-order chi connectivity index (χ0) is 19.5. The van der Waals surface area contributed by atoms with Crippen LogP contribution in [-0.2, 0) is 17.8 Å². The fraction of sp³-hybridized carbons (Fsp3) is 0.400. The lowest BCUT2D eigenvalue weighted by Gasteiger charge is -2.22. The van der Waals surface area contributed by atoms with Gasteiger partial charge in [0, 0.05) is 24.8 Å². The van der Waals surface area contributed by atoms with Gasteiger partial charge in [0.25, 0.3) is 5.56 Å². The summed E-state index contributed by atoms with van der Waals surface area (Å²) in [6, 6.07) is 11.1. The standard InChI is InChI=1S/C20H23N5O2S/c1-2-7-15-12-17(26)25-19(22-15)28-20(23-25)24-11-6-10-16(24)18(27)21-13-14-8-4-3-5-9-14/h3-5,8-9,12,16H,2,6-7,10-11,13H2,1H3,(H,21,27). The Bertz CT molecular complexity index is 1030. The number of amides is 1. The summed E-state index contributed by atoms with van der Waals surface area (Å²) in [5, 5.41) is 8.15. The van der Waals surface area contributed by atoms with Crippen molar-refractivity contribution in [1.29, 1.82) is 0 Å². The van der Waals surface area contributed by atoms with Crippen molar-refractivity contribution in [3.05, 3.63) is 58.0 Å². The maximum atomic E-state index is 12.8. The van der Waals surface area contributed by atoms with Crippen molar-refractivity contribution >= 4 is 27.3 Å². The zero-order valence-electron chi connectivity index (χ0n) is 15.8. The first-order valence-corrected chi connectivity index (χ1v) is 10.5. The van der Waals surface area contributed by atoms with Crippen LogP contribution in [0.1, 0.15) is 37.4 Å². The Morgan fingerprint density at radius 1 is 1.32 bits per heavy atom. The third-order valence-corrected chi connectivity index (χ3v) is 5.85. The monoisotopic (exact) mass is 397 g/mol. The molecule has 28 heavy (non-hydrogen) atoms. The van der Waals surface area contributed by atoms with Crippen LogP contribution in [-0.4, -0.2) is 33.1 Å².